The Balaban J connectivity index is 1.66. The second-order valence-electron chi connectivity index (χ2n) is 6.15. The SMILES string of the molecule is O=C(CC1CCCCC1)NCC#CCOc1cccc(C(F)(F)F)c1. The van der Waals surface area contributed by atoms with E-state index in [1.165, 1.54) is 31.4 Å². The van der Waals surface area contributed by atoms with E-state index in [1.54, 1.807) is 0 Å². The van der Waals surface area contributed by atoms with Crippen LogP contribution in [0, 0.1) is 17.8 Å². The minimum absolute atomic E-state index is 0.00000301. The first-order valence-electron chi connectivity index (χ1n) is 8.47. The molecule has 1 aromatic carbocycles. The summed E-state index contributed by atoms with van der Waals surface area (Å²) in [4.78, 5) is 11.8. The number of hydrogen-bond donors (Lipinski definition) is 1. The molecular formula is C19H22F3NO2. The number of carbonyl (C=O) groups is 1. The Morgan fingerprint density at radius 2 is 1.96 bits per heavy atom. The Kier molecular flexibility index (Phi) is 7.17. The summed E-state index contributed by atoms with van der Waals surface area (Å²) < 4.78 is 42.9. The second-order valence-corrected chi connectivity index (χ2v) is 6.15. The van der Waals surface area contributed by atoms with Crippen molar-refractivity contribution in [3.63, 3.8) is 0 Å². The van der Waals surface area contributed by atoms with E-state index < -0.39 is 11.7 Å². The monoisotopic (exact) mass is 353 g/mol. The summed E-state index contributed by atoms with van der Waals surface area (Å²) in [6.45, 7) is 0.192. The van der Waals surface area contributed by atoms with Crippen LogP contribution in [0.15, 0.2) is 24.3 Å². The van der Waals surface area contributed by atoms with Gasteiger partial charge in [-0.2, -0.15) is 13.2 Å². The van der Waals surface area contributed by atoms with Gasteiger partial charge >= 0.3 is 6.18 Å². The van der Waals surface area contributed by atoms with Crippen molar-refractivity contribution in [2.45, 2.75) is 44.7 Å². The summed E-state index contributed by atoms with van der Waals surface area (Å²) in [7, 11) is 0. The molecule has 0 aliphatic heterocycles. The Labute approximate surface area is 145 Å². The molecule has 1 aliphatic rings. The van der Waals surface area contributed by atoms with Crippen LogP contribution in [0.5, 0.6) is 5.75 Å². The lowest BCUT2D eigenvalue weighted by atomic mass is 9.87. The number of benzene rings is 1. The molecule has 25 heavy (non-hydrogen) atoms. The number of nitrogens with one attached hydrogen (secondary N) is 1. The van der Waals surface area contributed by atoms with E-state index in [4.69, 9.17) is 4.74 Å². The number of alkyl halides is 3. The van der Waals surface area contributed by atoms with E-state index in [2.05, 4.69) is 17.2 Å². The smallest absolute Gasteiger partial charge is 0.416 e. The number of rotatable bonds is 5. The van der Waals surface area contributed by atoms with E-state index in [-0.39, 0.29) is 24.8 Å². The zero-order chi connectivity index (χ0) is 18.1. The van der Waals surface area contributed by atoms with E-state index >= 15 is 0 Å². The molecule has 0 aromatic heterocycles. The highest BCUT2D eigenvalue weighted by Gasteiger charge is 2.30. The van der Waals surface area contributed by atoms with Crippen molar-refractivity contribution in [1.29, 1.82) is 0 Å². The Hall–Kier alpha value is -2.16. The summed E-state index contributed by atoms with van der Waals surface area (Å²) >= 11 is 0. The van der Waals surface area contributed by atoms with Crippen molar-refractivity contribution in [1.82, 2.24) is 5.32 Å². The summed E-state index contributed by atoms with van der Waals surface area (Å²) in [5, 5.41) is 2.74. The Morgan fingerprint density at radius 1 is 1.20 bits per heavy atom. The summed E-state index contributed by atoms with van der Waals surface area (Å²) in [5.74, 6) is 6.02. The molecular weight excluding hydrogens is 331 g/mol. The predicted octanol–water partition coefficient (Wildman–Crippen LogP) is 4.17. The van der Waals surface area contributed by atoms with Gasteiger partial charge in [0.2, 0.25) is 5.91 Å². The molecule has 6 heteroatoms. The van der Waals surface area contributed by atoms with E-state index in [0.29, 0.717) is 12.3 Å². The van der Waals surface area contributed by atoms with Gasteiger partial charge in [-0.3, -0.25) is 4.79 Å². The third kappa shape index (κ3) is 7.08. The van der Waals surface area contributed by atoms with E-state index in [1.807, 2.05) is 0 Å². The zero-order valence-electron chi connectivity index (χ0n) is 14.0. The fraction of sp³-hybridized carbons (Fsp3) is 0.526. The summed E-state index contributed by atoms with van der Waals surface area (Å²) in [5.41, 5.74) is -0.757. The standard InChI is InChI=1S/C19H22F3NO2/c20-19(21,22)16-9-6-10-17(14-16)25-12-5-4-11-23-18(24)13-15-7-2-1-3-8-15/h6,9-10,14-15H,1-3,7-8,11-13H2,(H,23,24). The van der Waals surface area contributed by atoms with Crippen LogP contribution < -0.4 is 10.1 Å². The topological polar surface area (TPSA) is 38.3 Å². The minimum Gasteiger partial charge on any atom is -0.481 e. The third-order valence-corrected chi connectivity index (χ3v) is 4.17. The molecule has 1 fully saturated rings. The van der Waals surface area contributed by atoms with Gasteiger partial charge in [0.1, 0.15) is 12.4 Å². The number of carbonyl (C=O) groups excluding carboxylic acids is 1. The molecule has 1 N–H and O–H groups in total. The second kappa shape index (κ2) is 9.36. The van der Waals surface area contributed by atoms with Gasteiger partial charge < -0.3 is 10.1 Å². The maximum Gasteiger partial charge on any atom is 0.416 e. The molecule has 0 radical (unpaired) electrons. The van der Waals surface area contributed by atoms with Gasteiger partial charge in [0, 0.05) is 6.42 Å². The third-order valence-electron chi connectivity index (χ3n) is 4.17. The van der Waals surface area contributed by atoms with Gasteiger partial charge in [-0.15, -0.1) is 0 Å². The molecule has 1 aliphatic carbocycles. The molecule has 0 unspecified atom stereocenters. The molecule has 2 rings (SSSR count). The van der Waals surface area contributed by atoms with Gasteiger partial charge in [0.05, 0.1) is 12.1 Å². The van der Waals surface area contributed by atoms with Crippen LogP contribution in [0.25, 0.3) is 0 Å². The van der Waals surface area contributed by atoms with Crippen molar-refractivity contribution in [3.05, 3.63) is 29.8 Å². The highest BCUT2D eigenvalue weighted by molar-refractivity contribution is 5.76. The van der Waals surface area contributed by atoms with Crippen molar-refractivity contribution in [3.8, 4) is 17.6 Å². The quantitative estimate of drug-likeness (QED) is 0.807. The van der Waals surface area contributed by atoms with Crippen LogP contribution in [-0.4, -0.2) is 19.1 Å². The summed E-state index contributed by atoms with van der Waals surface area (Å²) in [6.07, 6.45) is 2.04. The molecule has 0 spiro atoms. The average Bonchev–Trinajstić information content (AvgIpc) is 2.58. The van der Waals surface area contributed by atoms with Crippen LogP contribution in [0.2, 0.25) is 0 Å². The van der Waals surface area contributed by atoms with Gasteiger partial charge in [0.25, 0.3) is 0 Å². The molecule has 0 atom stereocenters. The van der Waals surface area contributed by atoms with Crippen molar-refractivity contribution in [2.24, 2.45) is 5.92 Å². The Morgan fingerprint density at radius 3 is 2.68 bits per heavy atom. The molecule has 1 aromatic rings. The first-order valence-corrected chi connectivity index (χ1v) is 8.47. The maximum atomic E-state index is 12.6. The molecule has 0 saturated heterocycles. The average molecular weight is 353 g/mol. The lowest BCUT2D eigenvalue weighted by molar-refractivity contribution is -0.137. The normalized spacial score (nSPS) is 15.2. The minimum atomic E-state index is -4.40. The van der Waals surface area contributed by atoms with Gasteiger partial charge in [0.15, 0.2) is 0 Å². The predicted molar refractivity (Wildman–Crippen MR) is 88.9 cm³/mol. The zero-order valence-corrected chi connectivity index (χ0v) is 14.0. The molecule has 1 amide bonds. The number of halogens is 3. The largest absolute Gasteiger partial charge is 0.481 e. The van der Waals surface area contributed by atoms with Gasteiger partial charge in [-0.1, -0.05) is 37.2 Å². The lowest BCUT2D eigenvalue weighted by Gasteiger charge is -2.20. The number of amides is 1. The highest BCUT2D eigenvalue weighted by atomic mass is 19.4. The van der Waals surface area contributed by atoms with Crippen LogP contribution in [0.1, 0.15) is 44.1 Å². The van der Waals surface area contributed by atoms with Crippen LogP contribution in [0.3, 0.4) is 0 Å². The molecule has 0 bridgehead atoms. The van der Waals surface area contributed by atoms with Crippen molar-refractivity contribution < 1.29 is 22.7 Å². The fourth-order valence-electron chi connectivity index (χ4n) is 2.86. The summed E-state index contributed by atoms with van der Waals surface area (Å²) in [6, 6.07) is 4.66. The van der Waals surface area contributed by atoms with Crippen molar-refractivity contribution in [2.75, 3.05) is 13.2 Å². The fourth-order valence-corrected chi connectivity index (χ4v) is 2.86. The van der Waals surface area contributed by atoms with Crippen LogP contribution in [-0.2, 0) is 11.0 Å². The molecule has 136 valence electrons. The van der Waals surface area contributed by atoms with Crippen LogP contribution >= 0.6 is 0 Å². The van der Waals surface area contributed by atoms with Crippen LogP contribution in [0.4, 0.5) is 13.2 Å². The number of hydrogen-bond acceptors (Lipinski definition) is 2. The highest BCUT2D eigenvalue weighted by Crippen LogP contribution is 2.31. The van der Waals surface area contributed by atoms with Crippen molar-refractivity contribution >= 4 is 5.91 Å². The van der Waals surface area contributed by atoms with E-state index in [9.17, 15) is 18.0 Å². The maximum absolute atomic E-state index is 12.6. The van der Waals surface area contributed by atoms with Gasteiger partial charge in [-0.05, 0) is 37.0 Å². The lowest BCUT2D eigenvalue weighted by Crippen LogP contribution is -2.26. The van der Waals surface area contributed by atoms with Gasteiger partial charge in [-0.25, -0.2) is 0 Å². The van der Waals surface area contributed by atoms with E-state index in [0.717, 1.165) is 25.0 Å². The first-order chi connectivity index (χ1) is 11.9. The number of ether oxygens (including phenoxy) is 1. The molecule has 3 nitrogen and oxygen atoms in total. The first kappa shape index (κ1) is 19.2. The molecule has 0 heterocycles. The molecule has 1 saturated carbocycles. The Bertz CT molecular complexity index is 626.